The zero-order valence-electron chi connectivity index (χ0n) is 18.6. The Morgan fingerprint density at radius 1 is 1.15 bits per heavy atom. The lowest BCUT2D eigenvalue weighted by Crippen LogP contribution is -2.46. The first-order valence-corrected chi connectivity index (χ1v) is 11.2. The summed E-state index contributed by atoms with van der Waals surface area (Å²) in [6, 6.07) is 14.9. The highest BCUT2D eigenvalue weighted by Crippen LogP contribution is 2.42. The lowest BCUT2D eigenvalue weighted by Gasteiger charge is -2.20. The topological polar surface area (TPSA) is 96.3 Å². The van der Waals surface area contributed by atoms with Crippen LogP contribution in [0.5, 0.6) is 0 Å². The van der Waals surface area contributed by atoms with Crippen molar-refractivity contribution in [2.24, 2.45) is 5.92 Å². The van der Waals surface area contributed by atoms with Gasteiger partial charge in [0.2, 0.25) is 5.91 Å². The Bertz CT molecular complexity index is 1250. The van der Waals surface area contributed by atoms with Gasteiger partial charge in [0.15, 0.2) is 0 Å². The lowest BCUT2D eigenvalue weighted by molar-refractivity contribution is -0.135. The Balaban J connectivity index is 1.33. The predicted molar refractivity (Wildman–Crippen MR) is 122 cm³/mol. The molecule has 1 aliphatic heterocycles. The quantitative estimate of drug-likeness (QED) is 0.529. The minimum Gasteiger partial charge on any atom is -0.350 e. The zero-order chi connectivity index (χ0) is 23.9. The molecule has 1 atom stereocenters. The van der Waals surface area contributed by atoms with Gasteiger partial charge in [-0.25, -0.2) is 13.9 Å². The largest absolute Gasteiger partial charge is 0.350 e. The fraction of sp³-hybridized carbons (Fsp3) is 0.280. The van der Waals surface area contributed by atoms with Gasteiger partial charge in [-0.2, -0.15) is 5.10 Å². The Morgan fingerprint density at radius 2 is 1.85 bits per heavy atom. The van der Waals surface area contributed by atoms with Crippen molar-refractivity contribution in [2.75, 3.05) is 6.54 Å². The van der Waals surface area contributed by atoms with Crippen molar-refractivity contribution in [2.45, 2.75) is 31.8 Å². The molecule has 2 aliphatic rings. The van der Waals surface area contributed by atoms with E-state index < -0.39 is 17.5 Å². The molecule has 1 unspecified atom stereocenters. The van der Waals surface area contributed by atoms with Gasteiger partial charge in [-0.15, -0.1) is 0 Å². The number of rotatable bonds is 7. The van der Waals surface area contributed by atoms with Crippen molar-refractivity contribution in [3.8, 4) is 16.9 Å². The molecule has 174 valence electrons. The molecule has 34 heavy (non-hydrogen) atoms. The second kappa shape index (κ2) is 8.40. The van der Waals surface area contributed by atoms with Crippen LogP contribution in [0.3, 0.4) is 0 Å². The zero-order valence-corrected chi connectivity index (χ0v) is 18.6. The van der Waals surface area contributed by atoms with Crippen molar-refractivity contribution in [1.29, 1.82) is 0 Å². The van der Waals surface area contributed by atoms with Crippen LogP contribution in [0, 0.1) is 11.7 Å². The molecule has 0 spiro atoms. The summed E-state index contributed by atoms with van der Waals surface area (Å²) in [5.41, 5.74) is 1.92. The number of imide groups is 1. The summed E-state index contributed by atoms with van der Waals surface area (Å²) >= 11 is 0. The summed E-state index contributed by atoms with van der Waals surface area (Å²) in [7, 11) is 0. The van der Waals surface area contributed by atoms with Crippen molar-refractivity contribution < 1.29 is 18.8 Å². The highest BCUT2D eigenvalue weighted by Gasteiger charge is 2.56. The van der Waals surface area contributed by atoms with E-state index in [4.69, 9.17) is 0 Å². The monoisotopic (exact) mass is 461 g/mol. The summed E-state index contributed by atoms with van der Waals surface area (Å²) in [4.78, 5) is 38.8. The van der Waals surface area contributed by atoms with E-state index in [0.717, 1.165) is 23.4 Å². The maximum Gasteiger partial charge on any atom is 0.325 e. The minimum absolute atomic E-state index is 0.124. The van der Waals surface area contributed by atoms with Gasteiger partial charge in [0.1, 0.15) is 17.9 Å². The highest BCUT2D eigenvalue weighted by molar-refractivity contribution is 6.09. The standard InChI is InChI=1S/C25H24FN5O3/c1-25(18-9-10-18)23(33)30(24(34)28-25)15-21(32)27-13-17-14-31(20-5-3-2-4-6-20)29-22(17)16-7-11-19(26)12-8-16/h2-8,11-12,14,18H,9-10,13,15H2,1H3,(H,27,32)(H,28,34). The molecule has 2 aromatic carbocycles. The number of nitrogens with one attached hydrogen (secondary N) is 2. The first-order valence-electron chi connectivity index (χ1n) is 11.2. The lowest BCUT2D eigenvalue weighted by atomic mass is 9.96. The van der Waals surface area contributed by atoms with Gasteiger partial charge in [-0.05, 0) is 62.1 Å². The number of carbonyl (C=O) groups excluding carboxylic acids is 3. The third-order valence-corrected chi connectivity index (χ3v) is 6.40. The van der Waals surface area contributed by atoms with Crippen LogP contribution in [0.4, 0.5) is 9.18 Å². The number of benzene rings is 2. The van der Waals surface area contributed by atoms with Gasteiger partial charge in [-0.1, -0.05) is 18.2 Å². The van der Waals surface area contributed by atoms with Crippen molar-refractivity contribution in [3.63, 3.8) is 0 Å². The molecule has 9 heteroatoms. The predicted octanol–water partition coefficient (Wildman–Crippen LogP) is 3.02. The number of hydrogen-bond acceptors (Lipinski definition) is 4. The summed E-state index contributed by atoms with van der Waals surface area (Å²) in [6.07, 6.45) is 3.58. The number of urea groups is 1. The van der Waals surface area contributed by atoms with E-state index in [0.29, 0.717) is 16.8 Å². The van der Waals surface area contributed by atoms with Gasteiger partial charge >= 0.3 is 6.03 Å². The first-order chi connectivity index (χ1) is 16.3. The molecule has 2 N–H and O–H groups in total. The second-order valence-electron chi connectivity index (χ2n) is 8.86. The number of amides is 4. The van der Waals surface area contributed by atoms with Crippen molar-refractivity contribution in [1.82, 2.24) is 25.3 Å². The molecule has 2 fully saturated rings. The normalized spacial score (nSPS) is 19.9. The molecule has 1 aromatic heterocycles. The van der Waals surface area contributed by atoms with Crippen LogP contribution < -0.4 is 10.6 Å². The molecule has 0 bridgehead atoms. The molecule has 1 saturated carbocycles. The average molecular weight is 461 g/mol. The van der Waals surface area contributed by atoms with Gasteiger partial charge in [-0.3, -0.25) is 14.5 Å². The van der Waals surface area contributed by atoms with Crippen molar-refractivity contribution in [3.05, 3.63) is 72.2 Å². The molecule has 8 nitrogen and oxygen atoms in total. The van der Waals surface area contributed by atoms with Gasteiger partial charge in [0, 0.05) is 23.9 Å². The van der Waals surface area contributed by atoms with Crippen molar-refractivity contribution >= 4 is 17.8 Å². The summed E-state index contributed by atoms with van der Waals surface area (Å²) < 4.78 is 15.1. The number of aromatic nitrogens is 2. The van der Waals surface area contributed by atoms with E-state index in [-0.39, 0.29) is 30.7 Å². The van der Waals surface area contributed by atoms with E-state index in [1.807, 2.05) is 30.3 Å². The highest BCUT2D eigenvalue weighted by atomic mass is 19.1. The molecule has 0 radical (unpaired) electrons. The van der Waals surface area contributed by atoms with Gasteiger partial charge in [0.05, 0.1) is 11.4 Å². The molecule has 4 amide bonds. The molecule has 1 saturated heterocycles. The van der Waals surface area contributed by atoms with Gasteiger partial charge < -0.3 is 10.6 Å². The summed E-state index contributed by atoms with van der Waals surface area (Å²) in [5, 5.41) is 10.2. The number of halogens is 1. The van der Waals surface area contributed by atoms with E-state index >= 15 is 0 Å². The van der Waals surface area contributed by atoms with Gasteiger partial charge in [0.25, 0.3) is 5.91 Å². The second-order valence-corrected chi connectivity index (χ2v) is 8.86. The van der Waals surface area contributed by atoms with Crippen LogP contribution in [0.15, 0.2) is 60.8 Å². The molecule has 1 aliphatic carbocycles. The minimum atomic E-state index is -0.927. The maximum absolute atomic E-state index is 13.4. The van der Waals surface area contributed by atoms with Crippen LogP contribution in [0.2, 0.25) is 0 Å². The Labute approximate surface area is 195 Å². The van der Waals surface area contributed by atoms with E-state index in [2.05, 4.69) is 15.7 Å². The number of hydrogen-bond donors (Lipinski definition) is 2. The number of para-hydroxylation sites is 1. The molecule has 3 aromatic rings. The van der Waals surface area contributed by atoms with E-state index in [9.17, 15) is 18.8 Å². The van der Waals surface area contributed by atoms with Crippen LogP contribution in [-0.4, -0.2) is 44.6 Å². The van der Waals surface area contributed by atoms with Crippen LogP contribution in [0.25, 0.3) is 16.9 Å². The SMILES string of the molecule is CC1(C2CC2)NC(=O)N(CC(=O)NCc2cn(-c3ccccc3)nc2-c2ccc(F)cc2)C1=O. The maximum atomic E-state index is 13.4. The number of nitrogens with zero attached hydrogens (tertiary/aromatic N) is 3. The number of carbonyl (C=O) groups is 3. The first kappa shape index (κ1) is 21.8. The molecule has 2 heterocycles. The summed E-state index contributed by atoms with van der Waals surface area (Å²) in [5.74, 6) is -1.05. The molecule has 5 rings (SSSR count). The Kier molecular flexibility index (Phi) is 5.39. The summed E-state index contributed by atoms with van der Waals surface area (Å²) in [6.45, 7) is 1.49. The van der Waals surface area contributed by atoms with Crippen LogP contribution in [-0.2, 0) is 16.1 Å². The third kappa shape index (κ3) is 4.05. The van der Waals surface area contributed by atoms with Crippen LogP contribution >= 0.6 is 0 Å². The smallest absolute Gasteiger partial charge is 0.325 e. The molecular weight excluding hydrogens is 437 g/mol. The Morgan fingerprint density at radius 3 is 2.53 bits per heavy atom. The molecular formula is C25H24FN5O3. The fourth-order valence-corrected chi connectivity index (χ4v) is 4.29. The fourth-order valence-electron chi connectivity index (χ4n) is 4.29. The van der Waals surface area contributed by atoms with E-state index in [1.165, 1.54) is 12.1 Å². The van der Waals surface area contributed by atoms with Crippen LogP contribution in [0.1, 0.15) is 25.3 Å². The Hall–Kier alpha value is -4.01. The van der Waals surface area contributed by atoms with E-state index in [1.54, 1.807) is 29.9 Å². The third-order valence-electron chi connectivity index (χ3n) is 6.40. The average Bonchev–Trinajstić information content (AvgIpc) is 3.58.